The van der Waals surface area contributed by atoms with Crippen LogP contribution in [0.4, 0.5) is 0 Å². The van der Waals surface area contributed by atoms with Crippen LogP contribution in [0.15, 0.2) is 28.8 Å². The number of hydrogen-bond donors (Lipinski definition) is 2. The van der Waals surface area contributed by atoms with Gasteiger partial charge in [0.1, 0.15) is 0 Å². The molecule has 6 nitrogen and oxygen atoms in total. The maximum Gasteiger partial charge on any atom is 0.257 e. The van der Waals surface area contributed by atoms with Gasteiger partial charge in [-0.3, -0.25) is 4.79 Å². The molecule has 3 N–H and O–H groups in total. The van der Waals surface area contributed by atoms with Crippen molar-refractivity contribution in [1.29, 1.82) is 0 Å². The highest BCUT2D eigenvalue weighted by Crippen LogP contribution is 2.18. The molecule has 0 aliphatic heterocycles. The third kappa shape index (κ3) is 5.32. The zero-order valence-corrected chi connectivity index (χ0v) is 15.1. The number of nitrogens with zero attached hydrogens (tertiary/aromatic N) is 2. The van der Waals surface area contributed by atoms with Crippen molar-refractivity contribution in [3.8, 4) is 11.5 Å². The van der Waals surface area contributed by atoms with Crippen LogP contribution in [0.5, 0.6) is 0 Å². The Morgan fingerprint density at radius 1 is 1.29 bits per heavy atom. The largest absolute Gasteiger partial charge is 0.354 e. The van der Waals surface area contributed by atoms with Crippen LogP contribution in [-0.4, -0.2) is 28.6 Å². The Labute approximate surface area is 148 Å². The Balaban J connectivity index is 0.00000288. The summed E-state index contributed by atoms with van der Waals surface area (Å²) >= 11 is 0. The predicted octanol–water partition coefficient (Wildman–Crippen LogP) is 2.36. The monoisotopic (exact) mass is 352 g/mol. The summed E-state index contributed by atoms with van der Waals surface area (Å²) < 4.78 is 5.21. The van der Waals surface area contributed by atoms with Gasteiger partial charge in [-0.25, -0.2) is 0 Å². The summed E-state index contributed by atoms with van der Waals surface area (Å²) in [5.41, 5.74) is 7.82. The minimum absolute atomic E-state index is 0. The number of carbonyl (C=O) groups is 1. The second-order valence-corrected chi connectivity index (χ2v) is 5.88. The number of hydrogen-bond acceptors (Lipinski definition) is 5. The first kappa shape index (κ1) is 20.1. The molecule has 2 aromatic rings. The van der Waals surface area contributed by atoms with Gasteiger partial charge in [0.05, 0.1) is 6.04 Å². The van der Waals surface area contributed by atoms with Crippen LogP contribution in [0.2, 0.25) is 0 Å². The average Bonchev–Trinajstić information content (AvgIpc) is 3.03. The Kier molecular flexibility index (Phi) is 7.88. The van der Waals surface area contributed by atoms with E-state index in [1.165, 1.54) is 0 Å². The Bertz CT molecular complexity index is 640. The first-order valence-corrected chi connectivity index (χ1v) is 7.96. The van der Waals surface area contributed by atoms with Gasteiger partial charge in [0, 0.05) is 18.5 Å². The van der Waals surface area contributed by atoms with Gasteiger partial charge < -0.3 is 15.6 Å². The fourth-order valence-corrected chi connectivity index (χ4v) is 2.08. The van der Waals surface area contributed by atoms with Crippen LogP contribution < -0.4 is 11.1 Å². The molecule has 1 aromatic heterocycles. The number of aryl methyl sites for hydroxylation is 1. The molecule has 132 valence electrons. The molecule has 1 amide bonds. The SMILES string of the molecule is CCc1noc(-c2ccc(CCNC(=O)[C@@H](N)C(C)C)cc2)n1.Cl. The Morgan fingerprint density at radius 2 is 1.96 bits per heavy atom. The maximum absolute atomic E-state index is 11.8. The Hall–Kier alpha value is -1.92. The fraction of sp³-hybridized carbons (Fsp3) is 0.471. The van der Waals surface area contributed by atoms with Crippen molar-refractivity contribution >= 4 is 18.3 Å². The van der Waals surface area contributed by atoms with Gasteiger partial charge in [-0.1, -0.05) is 38.1 Å². The molecular formula is C17H25ClN4O2. The van der Waals surface area contributed by atoms with E-state index < -0.39 is 6.04 Å². The van der Waals surface area contributed by atoms with Crippen molar-refractivity contribution in [3.63, 3.8) is 0 Å². The highest BCUT2D eigenvalue weighted by molar-refractivity contribution is 5.85. The number of nitrogens with one attached hydrogen (secondary N) is 1. The number of rotatable bonds is 7. The minimum Gasteiger partial charge on any atom is -0.354 e. The normalized spacial score (nSPS) is 11.9. The lowest BCUT2D eigenvalue weighted by Crippen LogP contribution is -2.44. The molecule has 24 heavy (non-hydrogen) atoms. The zero-order valence-electron chi connectivity index (χ0n) is 14.3. The van der Waals surface area contributed by atoms with Crippen molar-refractivity contribution in [1.82, 2.24) is 15.5 Å². The summed E-state index contributed by atoms with van der Waals surface area (Å²) in [7, 11) is 0. The third-order valence-electron chi connectivity index (χ3n) is 3.72. The van der Waals surface area contributed by atoms with Crippen molar-refractivity contribution < 1.29 is 9.32 Å². The predicted molar refractivity (Wildman–Crippen MR) is 95.9 cm³/mol. The van der Waals surface area contributed by atoms with E-state index in [1.807, 2.05) is 45.0 Å². The second kappa shape index (κ2) is 9.39. The number of amides is 1. The molecule has 1 aromatic carbocycles. The van der Waals surface area contributed by atoms with Crippen molar-refractivity contribution in [2.75, 3.05) is 6.54 Å². The summed E-state index contributed by atoms with van der Waals surface area (Å²) in [6.45, 7) is 6.42. The first-order valence-electron chi connectivity index (χ1n) is 7.96. The molecule has 0 fully saturated rings. The molecule has 0 saturated carbocycles. The van der Waals surface area contributed by atoms with Crippen LogP contribution in [0.1, 0.15) is 32.2 Å². The minimum atomic E-state index is -0.456. The molecule has 7 heteroatoms. The molecule has 0 radical (unpaired) electrons. The van der Waals surface area contributed by atoms with E-state index in [-0.39, 0.29) is 24.2 Å². The highest BCUT2D eigenvalue weighted by atomic mass is 35.5. The molecular weight excluding hydrogens is 328 g/mol. The zero-order chi connectivity index (χ0) is 16.8. The molecule has 2 rings (SSSR count). The number of aromatic nitrogens is 2. The van der Waals surface area contributed by atoms with Crippen molar-refractivity contribution in [3.05, 3.63) is 35.7 Å². The Morgan fingerprint density at radius 3 is 2.50 bits per heavy atom. The molecule has 0 aliphatic rings. The van der Waals surface area contributed by atoms with Gasteiger partial charge in [0.2, 0.25) is 5.91 Å². The maximum atomic E-state index is 11.8. The van der Waals surface area contributed by atoms with Gasteiger partial charge in [-0.05, 0) is 30.0 Å². The van der Waals surface area contributed by atoms with E-state index >= 15 is 0 Å². The van der Waals surface area contributed by atoms with Crippen LogP contribution in [0.3, 0.4) is 0 Å². The van der Waals surface area contributed by atoms with E-state index in [0.29, 0.717) is 18.3 Å². The molecule has 0 saturated heterocycles. The van der Waals surface area contributed by atoms with Gasteiger partial charge in [-0.15, -0.1) is 12.4 Å². The van der Waals surface area contributed by atoms with E-state index in [9.17, 15) is 4.79 Å². The fourth-order valence-electron chi connectivity index (χ4n) is 2.08. The average molecular weight is 353 g/mol. The summed E-state index contributed by atoms with van der Waals surface area (Å²) in [6, 6.07) is 7.44. The summed E-state index contributed by atoms with van der Waals surface area (Å²) in [6.07, 6.45) is 1.50. The quantitative estimate of drug-likeness (QED) is 0.797. The standard InChI is InChI=1S/C17H24N4O2.ClH/c1-4-14-20-17(23-21-14)13-7-5-12(6-8-13)9-10-19-16(22)15(18)11(2)3;/h5-8,11,15H,4,9-10,18H2,1-3H3,(H,19,22);1H/t15-;/m0./s1. The van der Waals surface area contributed by atoms with E-state index in [0.717, 1.165) is 24.0 Å². The van der Waals surface area contributed by atoms with Gasteiger partial charge >= 0.3 is 0 Å². The van der Waals surface area contributed by atoms with Gasteiger partial charge in [0.15, 0.2) is 5.82 Å². The van der Waals surface area contributed by atoms with E-state index in [4.69, 9.17) is 10.3 Å². The van der Waals surface area contributed by atoms with Crippen LogP contribution in [-0.2, 0) is 17.6 Å². The second-order valence-electron chi connectivity index (χ2n) is 5.88. The van der Waals surface area contributed by atoms with Crippen molar-refractivity contribution in [2.45, 2.75) is 39.7 Å². The smallest absolute Gasteiger partial charge is 0.257 e. The third-order valence-corrected chi connectivity index (χ3v) is 3.72. The topological polar surface area (TPSA) is 94.0 Å². The number of carbonyl (C=O) groups excluding carboxylic acids is 1. The summed E-state index contributed by atoms with van der Waals surface area (Å²) in [5, 5.41) is 6.75. The summed E-state index contributed by atoms with van der Waals surface area (Å²) in [5.74, 6) is 1.27. The molecule has 1 atom stereocenters. The van der Waals surface area contributed by atoms with Gasteiger partial charge in [0.25, 0.3) is 5.89 Å². The molecule has 0 unspecified atom stereocenters. The van der Waals surface area contributed by atoms with Crippen molar-refractivity contribution in [2.24, 2.45) is 11.7 Å². The lowest BCUT2D eigenvalue weighted by molar-refractivity contribution is -0.123. The first-order chi connectivity index (χ1) is 11.0. The summed E-state index contributed by atoms with van der Waals surface area (Å²) in [4.78, 5) is 16.1. The number of nitrogens with two attached hydrogens (primary N) is 1. The van der Waals surface area contributed by atoms with Crippen LogP contribution in [0.25, 0.3) is 11.5 Å². The van der Waals surface area contributed by atoms with E-state index in [2.05, 4.69) is 15.5 Å². The molecule has 0 spiro atoms. The molecule has 0 bridgehead atoms. The number of halogens is 1. The van der Waals surface area contributed by atoms with Crippen LogP contribution in [0, 0.1) is 5.92 Å². The van der Waals surface area contributed by atoms with Gasteiger partial charge in [-0.2, -0.15) is 4.98 Å². The molecule has 1 heterocycles. The lowest BCUT2D eigenvalue weighted by atomic mass is 10.0. The van der Waals surface area contributed by atoms with E-state index in [1.54, 1.807) is 0 Å². The van der Waals surface area contributed by atoms with Crippen LogP contribution >= 0.6 is 12.4 Å². The highest BCUT2D eigenvalue weighted by Gasteiger charge is 2.16. The number of benzene rings is 1. The molecule has 0 aliphatic carbocycles. The lowest BCUT2D eigenvalue weighted by Gasteiger charge is -2.15.